The van der Waals surface area contributed by atoms with Gasteiger partial charge in [-0.25, -0.2) is 0 Å². The largest absolute Gasteiger partial charge is 0.385 e. The Morgan fingerprint density at radius 2 is 1.80 bits per heavy atom. The van der Waals surface area contributed by atoms with Gasteiger partial charge in [0.25, 0.3) is 11.8 Å². The van der Waals surface area contributed by atoms with Gasteiger partial charge in [-0.1, -0.05) is 23.2 Å². The minimum absolute atomic E-state index is 0.173. The summed E-state index contributed by atoms with van der Waals surface area (Å²) in [6, 6.07) is 10.1. The summed E-state index contributed by atoms with van der Waals surface area (Å²) < 4.78 is 5.03. The first-order chi connectivity index (χ1) is 14.5. The first-order valence-corrected chi connectivity index (χ1v) is 10.7. The van der Waals surface area contributed by atoms with E-state index in [-0.39, 0.29) is 16.8 Å². The smallest absolute Gasteiger partial charge is 0.257 e. The van der Waals surface area contributed by atoms with Gasteiger partial charge >= 0.3 is 0 Å². The molecule has 0 radical (unpaired) electrons. The van der Waals surface area contributed by atoms with Gasteiger partial charge < -0.3 is 20.3 Å². The summed E-state index contributed by atoms with van der Waals surface area (Å²) in [5.41, 5.74) is 2.25. The summed E-state index contributed by atoms with van der Waals surface area (Å²) in [5, 5.41) is 6.48. The molecule has 3 rings (SSSR count). The maximum atomic E-state index is 12.9. The van der Waals surface area contributed by atoms with Crippen molar-refractivity contribution in [2.45, 2.75) is 19.3 Å². The van der Waals surface area contributed by atoms with Gasteiger partial charge in [0, 0.05) is 49.7 Å². The molecule has 1 aliphatic heterocycles. The van der Waals surface area contributed by atoms with E-state index in [9.17, 15) is 9.59 Å². The molecule has 2 aromatic rings. The molecule has 0 bridgehead atoms. The third kappa shape index (κ3) is 5.65. The number of methoxy groups -OCH3 is 1. The van der Waals surface area contributed by atoms with Gasteiger partial charge in [-0.2, -0.15) is 0 Å². The summed E-state index contributed by atoms with van der Waals surface area (Å²) in [6.45, 7) is 2.92. The van der Waals surface area contributed by atoms with Crippen LogP contribution in [0.5, 0.6) is 0 Å². The average molecular weight is 450 g/mol. The van der Waals surface area contributed by atoms with E-state index in [1.807, 2.05) is 6.07 Å². The van der Waals surface area contributed by atoms with Crippen LogP contribution in [-0.2, 0) is 4.74 Å². The normalized spacial score (nSPS) is 13.4. The van der Waals surface area contributed by atoms with Crippen LogP contribution in [0, 0.1) is 0 Å². The van der Waals surface area contributed by atoms with E-state index in [0.717, 1.165) is 38.0 Å². The number of amides is 2. The minimum Gasteiger partial charge on any atom is -0.385 e. The van der Waals surface area contributed by atoms with Crippen LogP contribution in [0.2, 0.25) is 10.0 Å². The van der Waals surface area contributed by atoms with Crippen LogP contribution in [0.15, 0.2) is 36.4 Å². The summed E-state index contributed by atoms with van der Waals surface area (Å²) in [5.74, 6) is -0.536. The van der Waals surface area contributed by atoms with E-state index in [4.69, 9.17) is 27.9 Å². The maximum absolute atomic E-state index is 12.9. The molecule has 2 N–H and O–H groups in total. The van der Waals surface area contributed by atoms with Gasteiger partial charge in [0.1, 0.15) is 0 Å². The van der Waals surface area contributed by atoms with Crippen molar-refractivity contribution in [2.75, 3.05) is 43.6 Å². The molecule has 160 valence electrons. The average Bonchev–Trinajstić information content (AvgIpc) is 3.25. The highest BCUT2D eigenvalue weighted by Crippen LogP contribution is 2.28. The predicted molar refractivity (Wildman–Crippen MR) is 121 cm³/mol. The Morgan fingerprint density at radius 1 is 1.03 bits per heavy atom. The highest BCUT2D eigenvalue weighted by Gasteiger charge is 2.21. The van der Waals surface area contributed by atoms with Crippen molar-refractivity contribution in [1.82, 2.24) is 5.32 Å². The van der Waals surface area contributed by atoms with Crippen molar-refractivity contribution in [3.05, 3.63) is 57.6 Å². The Balaban J connectivity index is 1.81. The van der Waals surface area contributed by atoms with Gasteiger partial charge in [0.05, 0.1) is 16.1 Å². The van der Waals surface area contributed by atoms with Gasteiger partial charge in [-0.3, -0.25) is 9.59 Å². The van der Waals surface area contributed by atoms with Crippen LogP contribution in [0.4, 0.5) is 11.4 Å². The van der Waals surface area contributed by atoms with Crippen LogP contribution < -0.4 is 15.5 Å². The Morgan fingerprint density at radius 3 is 2.50 bits per heavy atom. The third-order valence-electron chi connectivity index (χ3n) is 4.93. The van der Waals surface area contributed by atoms with Crippen LogP contribution in [0.3, 0.4) is 0 Å². The number of hydrogen-bond donors (Lipinski definition) is 2. The molecule has 0 aromatic heterocycles. The van der Waals surface area contributed by atoms with Crippen molar-refractivity contribution < 1.29 is 14.3 Å². The van der Waals surface area contributed by atoms with Crippen molar-refractivity contribution in [3.8, 4) is 0 Å². The highest BCUT2D eigenvalue weighted by atomic mass is 35.5. The summed E-state index contributed by atoms with van der Waals surface area (Å²) >= 11 is 12.0. The number of ether oxygens (including phenoxy) is 1. The fourth-order valence-electron chi connectivity index (χ4n) is 3.42. The second-order valence-corrected chi connectivity index (χ2v) is 7.95. The van der Waals surface area contributed by atoms with Crippen molar-refractivity contribution in [3.63, 3.8) is 0 Å². The molecule has 0 saturated carbocycles. The van der Waals surface area contributed by atoms with E-state index < -0.39 is 0 Å². The van der Waals surface area contributed by atoms with Crippen LogP contribution in [0.1, 0.15) is 40.0 Å². The molecule has 1 aliphatic rings. The highest BCUT2D eigenvalue weighted by molar-refractivity contribution is 6.37. The van der Waals surface area contributed by atoms with Crippen LogP contribution >= 0.6 is 23.2 Å². The lowest BCUT2D eigenvalue weighted by atomic mass is 10.1. The van der Waals surface area contributed by atoms with E-state index in [1.165, 1.54) is 6.07 Å². The molecular formula is C22H25Cl2N3O3. The quantitative estimate of drug-likeness (QED) is 0.577. The molecule has 0 unspecified atom stereocenters. The zero-order valence-electron chi connectivity index (χ0n) is 16.8. The Hall–Kier alpha value is -2.28. The summed E-state index contributed by atoms with van der Waals surface area (Å²) in [4.78, 5) is 27.7. The number of nitrogens with one attached hydrogen (secondary N) is 2. The van der Waals surface area contributed by atoms with E-state index in [2.05, 4.69) is 15.5 Å². The van der Waals surface area contributed by atoms with Crippen molar-refractivity contribution in [2.24, 2.45) is 0 Å². The van der Waals surface area contributed by atoms with E-state index in [1.54, 1.807) is 31.4 Å². The van der Waals surface area contributed by atoms with Gasteiger partial charge in [0.2, 0.25) is 0 Å². The third-order valence-corrected chi connectivity index (χ3v) is 5.48. The monoisotopic (exact) mass is 449 g/mol. The molecule has 1 fully saturated rings. The number of hydrogen-bond acceptors (Lipinski definition) is 4. The molecule has 30 heavy (non-hydrogen) atoms. The molecule has 6 nitrogen and oxygen atoms in total. The van der Waals surface area contributed by atoms with Gasteiger partial charge in [-0.05, 0) is 55.7 Å². The maximum Gasteiger partial charge on any atom is 0.257 e. The standard InChI is InChI=1S/C22H25Cl2N3O3/c1-30-12-4-9-25-21(28)18-14-16(6-8-20(18)27-10-2-3-11-27)26-22(29)17-7-5-15(23)13-19(17)24/h5-8,13-14H,2-4,9-12H2,1H3,(H,25,28)(H,26,29). The molecule has 0 atom stereocenters. The molecule has 2 amide bonds. The predicted octanol–water partition coefficient (Wildman–Crippen LogP) is 4.61. The molecule has 0 spiro atoms. The van der Waals surface area contributed by atoms with E-state index in [0.29, 0.717) is 35.0 Å². The second-order valence-electron chi connectivity index (χ2n) is 7.11. The fourth-order valence-corrected chi connectivity index (χ4v) is 3.91. The number of anilines is 2. The first-order valence-electron chi connectivity index (χ1n) is 9.92. The topological polar surface area (TPSA) is 70.7 Å². The minimum atomic E-state index is -0.364. The molecular weight excluding hydrogens is 425 g/mol. The van der Waals surface area contributed by atoms with Gasteiger partial charge in [-0.15, -0.1) is 0 Å². The molecule has 8 heteroatoms. The number of nitrogens with zero attached hydrogens (tertiary/aromatic N) is 1. The zero-order chi connectivity index (χ0) is 21.5. The van der Waals surface area contributed by atoms with Gasteiger partial charge in [0.15, 0.2) is 0 Å². The first kappa shape index (κ1) is 22.4. The number of carbonyl (C=O) groups is 2. The Kier molecular flexibility index (Phi) is 7.96. The number of benzene rings is 2. The molecule has 1 heterocycles. The molecule has 0 aliphatic carbocycles. The van der Waals surface area contributed by atoms with Crippen molar-refractivity contribution in [1.29, 1.82) is 0 Å². The number of carbonyl (C=O) groups excluding carboxylic acids is 2. The molecule has 2 aromatic carbocycles. The Labute approximate surface area is 186 Å². The summed E-state index contributed by atoms with van der Waals surface area (Å²) in [7, 11) is 1.63. The SMILES string of the molecule is COCCCNC(=O)c1cc(NC(=O)c2ccc(Cl)cc2Cl)ccc1N1CCCC1. The number of rotatable bonds is 8. The Bertz CT molecular complexity index is 914. The number of halogens is 2. The lowest BCUT2D eigenvalue weighted by Crippen LogP contribution is -2.29. The van der Waals surface area contributed by atoms with Crippen LogP contribution in [-0.4, -0.2) is 45.2 Å². The summed E-state index contributed by atoms with van der Waals surface area (Å²) in [6.07, 6.45) is 2.93. The second kappa shape index (κ2) is 10.7. The lowest BCUT2D eigenvalue weighted by molar-refractivity contribution is 0.0947. The van der Waals surface area contributed by atoms with Crippen LogP contribution in [0.25, 0.3) is 0 Å². The fraction of sp³-hybridized carbons (Fsp3) is 0.364. The van der Waals surface area contributed by atoms with Crippen molar-refractivity contribution >= 4 is 46.4 Å². The van der Waals surface area contributed by atoms with E-state index >= 15 is 0 Å². The molecule has 1 saturated heterocycles. The zero-order valence-corrected chi connectivity index (χ0v) is 18.4. The lowest BCUT2D eigenvalue weighted by Gasteiger charge is -2.22.